The van der Waals surface area contributed by atoms with Crippen molar-refractivity contribution in [1.82, 2.24) is 4.31 Å². The van der Waals surface area contributed by atoms with Gasteiger partial charge in [-0.2, -0.15) is 4.31 Å². The first-order chi connectivity index (χ1) is 10.4. The van der Waals surface area contributed by atoms with Crippen LogP contribution in [-0.4, -0.2) is 36.5 Å². The molecule has 1 aromatic carbocycles. The Balaban J connectivity index is 2.30. The van der Waals surface area contributed by atoms with Gasteiger partial charge in [-0.1, -0.05) is 6.42 Å². The van der Waals surface area contributed by atoms with Gasteiger partial charge < -0.3 is 5.73 Å². The molecule has 2 unspecified atom stereocenters. The second-order valence-corrected chi connectivity index (χ2v) is 7.81. The molecule has 1 aliphatic heterocycles. The van der Waals surface area contributed by atoms with E-state index in [1.165, 1.54) is 0 Å². The van der Waals surface area contributed by atoms with Gasteiger partial charge in [0.25, 0.3) is 0 Å². The van der Waals surface area contributed by atoms with Gasteiger partial charge in [-0.05, 0) is 51.0 Å². The molecule has 1 aliphatic rings. The molecule has 1 fully saturated rings. The smallest absolute Gasteiger partial charge is 0.243 e. The Bertz CT molecular complexity index is 633. The van der Waals surface area contributed by atoms with E-state index in [1.807, 2.05) is 13.8 Å². The van der Waals surface area contributed by atoms with Gasteiger partial charge in [0.2, 0.25) is 10.0 Å². The molecule has 0 spiro atoms. The highest BCUT2D eigenvalue weighted by Gasteiger charge is 2.35. The summed E-state index contributed by atoms with van der Waals surface area (Å²) in [6.07, 6.45) is 2.87. The summed E-state index contributed by atoms with van der Waals surface area (Å²) in [6.45, 7) is 3.93. The summed E-state index contributed by atoms with van der Waals surface area (Å²) in [7, 11) is -3.48. The van der Waals surface area contributed by atoms with Crippen LogP contribution in [0.2, 0.25) is 0 Å². The number of halogens is 1. The van der Waals surface area contributed by atoms with Crippen LogP contribution in [0.3, 0.4) is 0 Å². The number of piperidine rings is 1. The Morgan fingerprint density at radius 3 is 2.32 bits per heavy atom. The third-order valence-electron chi connectivity index (χ3n) is 3.93. The van der Waals surface area contributed by atoms with E-state index in [0.717, 1.165) is 19.3 Å². The predicted molar refractivity (Wildman–Crippen MR) is 90.2 cm³/mol. The zero-order valence-electron chi connectivity index (χ0n) is 12.9. The Kier molecular flexibility index (Phi) is 5.47. The molecule has 2 N–H and O–H groups in total. The Labute approximate surface area is 137 Å². The van der Waals surface area contributed by atoms with Crippen molar-refractivity contribution >= 4 is 33.1 Å². The number of rotatable bonds is 4. The van der Waals surface area contributed by atoms with E-state index in [4.69, 9.17) is 17.3 Å². The predicted octanol–water partition coefficient (Wildman–Crippen LogP) is 2.87. The van der Waals surface area contributed by atoms with Crippen molar-refractivity contribution in [1.29, 1.82) is 0 Å². The second-order valence-electron chi connectivity index (χ2n) is 5.69. The Morgan fingerprint density at radius 1 is 1.27 bits per heavy atom. The van der Waals surface area contributed by atoms with E-state index in [-0.39, 0.29) is 22.9 Å². The standard InChI is InChI=1S/C15H22ClN3O2S/c1-11-4-3-5-12(2)19(11)22(20,21)14-8-6-13(7-9-14)18-15(17)10-16/h6-9,11-12H,3-5,10H2,1-2H3,(H2,17,18). The van der Waals surface area contributed by atoms with Crippen LogP contribution in [0.1, 0.15) is 33.1 Å². The van der Waals surface area contributed by atoms with Crippen LogP contribution in [0.5, 0.6) is 0 Å². The van der Waals surface area contributed by atoms with Crippen LogP contribution in [0, 0.1) is 0 Å². The third-order valence-corrected chi connectivity index (χ3v) is 6.35. The fourth-order valence-electron chi connectivity index (χ4n) is 2.88. The van der Waals surface area contributed by atoms with Gasteiger partial charge in [0, 0.05) is 12.1 Å². The summed E-state index contributed by atoms with van der Waals surface area (Å²) < 4.78 is 27.3. The summed E-state index contributed by atoms with van der Waals surface area (Å²) in [5.41, 5.74) is 6.17. The lowest BCUT2D eigenvalue weighted by Gasteiger charge is -2.37. The largest absolute Gasteiger partial charge is 0.386 e. The van der Waals surface area contributed by atoms with Crippen molar-refractivity contribution in [2.75, 3.05) is 5.88 Å². The maximum Gasteiger partial charge on any atom is 0.243 e. The molecule has 5 nitrogen and oxygen atoms in total. The quantitative estimate of drug-likeness (QED) is 0.519. The number of benzene rings is 1. The first-order valence-corrected chi connectivity index (χ1v) is 9.36. The normalized spacial score (nSPS) is 24.4. The van der Waals surface area contributed by atoms with E-state index in [0.29, 0.717) is 11.5 Å². The fraction of sp³-hybridized carbons (Fsp3) is 0.533. The van der Waals surface area contributed by atoms with E-state index < -0.39 is 10.0 Å². The van der Waals surface area contributed by atoms with Gasteiger partial charge in [0.15, 0.2) is 0 Å². The number of hydrogen-bond acceptors (Lipinski definition) is 3. The van der Waals surface area contributed by atoms with Crippen LogP contribution in [0.25, 0.3) is 0 Å². The summed E-state index contributed by atoms with van der Waals surface area (Å²) >= 11 is 5.58. The molecule has 1 saturated heterocycles. The minimum atomic E-state index is -3.48. The summed E-state index contributed by atoms with van der Waals surface area (Å²) in [5.74, 6) is 0.443. The highest BCUT2D eigenvalue weighted by atomic mass is 35.5. The van der Waals surface area contributed by atoms with Crippen molar-refractivity contribution in [3.8, 4) is 0 Å². The van der Waals surface area contributed by atoms with E-state index in [1.54, 1.807) is 28.6 Å². The number of amidine groups is 1. The van der Waals surface area contributed by atoms with Gasteiger partial charge in [0.1, 0.15) is 5.84 Å². The number of sulfonamides is 1. The molecule has 0 saturated carbocycles. The highest BCUT2D eigenvalue weighted by Crippen LogP contribution is 2.30. The molecule has 0 amide bonds. The minimum absolute atomic E-state index is 0.0262. The van der Waals surface area contributed by atoms with Crippen molar-refractivity contribution in [3.63, 3.8) is 0 Å². The molecule has 0 radical (unpaired) electrons. The number of nitrogens with zero attached hydrogens (tertiary/aromatic N) is 2. The molecule has 0 aliphatic carbocycles. The Hall–Kier alpha value is -1.11. The molecule has 122 valence electrons. The second kappa shape index (κ2) is 6.98. The van der Waals surface area contributed by atoms with E-state index in [2.05, 4.69) is 4.99 Å². The van der Waals surface area contributed by atoms with Crippen molar-refractivity contribution in [2.24, 2.45) is 10.7 Å². The summed E-state index contributed by atoms with van der Waals surface area (Å²) in [6, 6.07) is 6.49. The maximum absolute atomic E-state index is 12.8. The molecule has 0 bridgehead atoms. The highest BCUT2D eigenvalue weighted by molar-refractivity contribution is 7.89. The lowest BCUT2D eigenvalue weighted by molar-refractivity contribution is 0.204. The summed E-state index contributed by atoms with van der Waals surface area (Å²) in [4.78, 5) is 4.39. The van der Waals surface area contributed by atoms with Crippen molar-refractivity contribution in [2.45, 2.75) is 50.1 Å². The third kappa shape index (κ3) is 3.62. The summed E-state index contributed by atoms with van der Waals surface area (Å²) in [5, 5.41) is 0. The molecule has 2 rings (SSSR count). The minimum Gasteiger partial charge on any atom is -0.386 e. The van der Waals surface area contributed by atoms with Crippen LogP contribution >= 0.6 is 11.6 Å². The van der Waals surface area contributed by atoms with Crippen LogP contribution in [-0.2, 0) is 10.0 Å². The topological polar surface area (TPSA) is 75.8 Å². The van der Waals surface area contributed by atoms with E-state index >= 15 is 0 Å². The van der Waals surface area contributed by atoms with Gasteiger partial charge >= 0.3 is 0 Å². The van der Waals surface area contributed by atoms with Gasteiger partial charge in [-0.3, -0.25) is 0 Å². The van der Waals surface area contributed by atoms with Gasteiger partial charge in [-0.25, -0.2) is 13.4 Å². The van der Waals surface area contributed by atoms with Crippen LogP contribution < -0.4 is 5.73 Å². The molecular weight excluding hydrogens is 322 g/mol. The fourth-order valence-corrected chi connectivity index (χ4v) is 4.82. The molecule has 0 aromatic heterocycles. The lowest BCUT2D eigenvalue weighted by atomic mass is 10.0. The van der Waals surface area contributed by atoms with Crippen LogP contribution in [0.15, 0.2) is 34.2 Å². The van der Waals surface area contributed by atoms with E-state index in [9.17, 15) is 8.42 Å². The number of aliphatic imine (C=N–C) groups is 1. The molecule has 1 heterocycles. The van der Waals surface area contributed by atoms with Crippen molar-refractivity contribution < 1.29 is 8.42 Å². The molecule has 22 heavy (non-hydrogen) atoms. The zero-order chi connectivity index (χ0) is 16.3. The number of nitrogens with two attached hydrogens (primary N) is 1. The van der Waals surface area contributed by atoms with Crippen LogP contribution in [0.4, 0.5) is 5.69 Å². The first kappa shape index (κ1) is 17.2. The van der Waals surface area contributed by atoms with Gasteiger partial charge in [-0.15, -0.1) is 11.6 Å². The molecule has 1 aromatic rings. The Morgan fingerprint density at radius 2 is 1.82 bits per heavy atom. The SMILES string of the molecule is CC1CCCC(C)N1S(=O)(=O)c1ccc(N=C(N)CCl)cc1. The molecular formula is C15H22ClN3O2S. The lowest BCUT2D eigenvalue weighted by Crippen LogP contribution is -2.47. The number of alkyl halides is 1. The monoisotopic (exact) mass is 343 g/mol. The maximum atomic E-state index is 12.8. The van der Waals surface area contributed by atoms with Gasteiger partial charge in [0.05, 0.1) is 16.5 Å². The zero-order valence-corrected chi connectivity index (χ0v) is 14.4. The first-order valence-electron chi connectivity index (χ1n) is 7.39. The average molecular weight is 344 g/mol. The number of hydrogen-bond donors (Lipinski definition) is 1. The molecule has 2 atom stereocenters. The average Bonchev–Trinajstić information content (AvgIpc) is 2.47. The molecule has 7 heteroatoms. The van der Waals surface area contributed by atoms with Crippen molar-refractivity contribution in [3.05, 3.63) is 24.3 Å².